The molecule has 18 heavy (non-hydrogen) atoms. The third kappa shape index (κ3) is 3.33. The van der Waals surface area contributed by atoms with E-state index in [1.54, 1.807) is 6.92 Å². The summed E-state index contributed by atoms with van der Waals surface area (Å²) in [6.45, 7) is 5.60. The molecule has 0 aliphatic carbocycles. The Hall–Kier alpha value is -1.82. The average Bonchev–Trinajstić information content (AvgIpc) is 2.58. The highest BCUT2D eigenvalue weighted by Gasteiger charge is 2.20. The van der Waals surface area contributed by atoms with Crippen molar-refractivity contribution in [2.75, 3.05) is 0 Å². The number of carboxylic acids is 1. The van der Waals surface area contributed by atoms with E-state index in [9.17, 15) is 9.59 Å². The number of rotatable bonds is 6. The number of furan rings is 1. The van der Waals surface area contributed by atoms with Crippen molar-refractivity contribution in [3.63, 3.8) is 0 Å². The van der Waals surface area contributed by atoms with Crippen molar-refractivity contribution in [1.82, 2.24) is 5.32 Å². The van der Waals surface area contributed by atoms with Gasteiger partial charge >= 0.3 is 5.97 Å². The quantitative estimate of drug-likeness (QED) is 0.699. The van der Waals surface area contributed by atoms with Crippen LogP contribution in [-0.2, 0) is 11.3 Å². The second kappa shape index (κ2) is 5.68. The van der Waals surface area contributed by atoms with Gasteiger partial charge in [-0.15, -0.1) is 0 Å². The molecule has 1 atom stereocenters. The molecule has 0 aliphatic heterocycles. The molecule has 1 rings (SSSR count). The molecule has 0 bridgehead atoms. The van der Waals surface area contributed by atoms with Gasteiger partial charge in [-0.2, -0.15) is 0 Å². The van der Waals surface area contributed by atoms with E-state index >= 15 is 0 Å². The molecule has 1 amide bonds. The van der Waals surface area contributed by atoms with Gasteiger partial charge in [-0.25, -0.2) is 4.79 Å². The number of nitrogens with two attached hydrogens (primary N) is 1. The third-order valence-electron chi connectivity index (χ3n) is 2.67. The van der Waals surface area contributed by atoms with Gasteiger partial charge in [0, 0.05) is 0 Å². The molecule has 0 aromatic carbocycles. The van der Waals surface area contributed by atoms with Gasteiger partial charge in [0.05, 0.1) is 12.6 Å². The van der Waals surface area contributed by atoms with Gasteiger partial charge < -0.3 is 15.3 Å². The van der Waals surface area contributed by atoms with Crippen molar-refractivity contribution in [2.45, 2.75) is 33.4 Å². The minimum atomic E-state index is -1.03. The third-order valence-corrected chi connectivity index (χ3v) is 2.67. The predicted molar refractivity (Wildman–Crippen MR) is 65.1 cm³/mol. The molecule has 4 N–H and O–H groups in total. The Morgan fingerprint density at radius 1 is 1.50 bits per heavy atom. The van der Waals surface area contributed by atoms with Crippen LogP contribution in [0.5, 0.6) is 0 Å². The van der Waals surface area contributed by atoms with E-state index in [0.717, 1.165) is 0 Å². The highest BCUT2D eigenvalue weighted by Crippen LogP contribution is 2.15. The molecule has 1 aromatic heterocycles. The molecule has 0 fully saturated rings. The maximum absolute atomic E-state index is 11.2. The summed E-state index contributed by atoms with van der Waals surface area (Å²) in [5, 5.41) is 11.8. The number of nitrogens with one attached hydrogen (secondary N) is 1. The van der Waals surface area contributed by atoms with E-state index in [0.29, 0.717) is 11.5 Å². The summed E-state index contributed by atoms with van der Waals surface area (Å²) < 4.78 is 5.29. The topological polar surface area (TPSA) is 106 Å². The van der Waals surface area contributed by atoms with Crippen LogP contribution in [0.4, 0.5) is 0 Å². The zero-order valence-electron chi connectivity index (χ0n) is 10.7. The van der Waals surface area contributed by atoms with Crippen LogP contribution in [0.3, 0.4) is 0 Å². The number of carbonyl (C=O) groups excluding carboxylic acids is 1. The molecule has 0 radical (unpaired) electrons. The smallest absolute Gasteiger partial charge is 0.339 e. The number of carbonyl (C=O) groups is 2. The maximum atomic E-state index is 11.2. The van der Waals surface area contributed by atoms with Gasteiger partial charge in [0.1, 0.15) is 17.1 Å². The number of primary amides is 1. The summed E-state index contributed by atoms with van der Waals surface area (Å²) >= 11 is 0. The van der Waals surface area contributed by atoms with Crippen LogP contribution >= 0.6 is 0 Å². The molecular formula is C12H18N2O4. The first-order valence-corrected chi connectivity index (χ1v) is 5.68. The molecular weight excluding hydrogens is 236 g/mol. The van der Waals surface area contributed by atoms with Crippen LogP contribution in [0.15, 0.2) is 10.5 Å². The fourth-order valence-electron chi connectivity index (χ4n) is 1.72. The summed E-state index contributed by atoms with van der Waals surface area (Å²) in [4.78, 5) is 22.0. The highest BCUT2D eigenvalue weighted by molar-refractivity contribution is 5.88. The Balaban J connectivity index is 2.71. The number of hydrogen-bond acceptors (Lipinski definition) is 4. The predicted octanol–water partition coefficient (Wildman–Crippen LogP) is 0.886. The standard InChI is InChI=1S/C12H18N2O4/c1-6(2)10(11(13)15)14-5-8-4-9(12(16)17)7(3)18-8/h4,6,10,14H,5H2,1-3H3,(H2,13,15)(H,16,17). The largest absolute Gasteiger partial charge is 0.478 e. The zero-order valence-corrected chi connectivity index (χ0v) is 10.7. The lowest BCUT2D eigenvalue weighted by molar-refractivity contribution is -0.121. The van der Waals surface area contributed by atoms with Crippen LogP contribution < -0.4 is 11.1 Å². The van der Waals surface area contributed by atoms with Crippen molar-refractivity contribution in [2.24, 2.45) is 11.7 Å². The minimum Gasteiger partial charge on any atom is -0.478 e. The van der Waals surface area contributed by atoms with Crippen molar-refractivity contribution >= 4 is 11.9 Å². The first kappa shape index (κ1) is 14.2. The van der Waals surface area contributed by atoms with Gasteiger partial charge in [0.25, 0.3) is 0 Å². The van der Waals surface area contributed by atoms with Gasteiger partial charge in [-0.3, -0.25) is 10.1 Å². The van der Waals surface area contributed by atoms with Crippen molar-refractivity contribution in [3.05, 3.63) is 23.2 Å². The van der Waals surface area contributed by atoms with Gasteiger partial charge in [0.15, 0.2) is 0 Å². The zero-order chi connectivity index (χ0) is 13.9. The Morgan fingerprint density at radius 2 is 2.11 bits per heavy atom. The summed E-state index contributed by atoms with van der Waals surface area (Å²) in [5.74, 6) is -0.599. The average molecular weight is 254 g/mol. The Morgan fingerprint density at radius 3 is 2.50 bits per heavy atom. The van der Waals surface area contributed by atoms with Gasteiger partial charge in [0.2, 0.25) is 5.91 Å². The van der Waals surface area contributed by atoms with Crippen molar-refractivity contribution in [1.29, 1.82) is 0 Å². The van der Waals surface area contributed by atoms with Crippen molar-refractivity contribution < 1.29 is 19.1 Å². The first-order valence-electron chi connectivity index (χ1n) is 5.68. The molecule has 1 heterocycles. The van der Waals surface area contributed by atoms with E-state index < -0.39 is 17.9 Å². The number of carboxylic acid groups (broad SMARTS) is 1. The van der Waals surface area contributed by atoms with Crippen molar-refractivity contribution in [3.8, 4) is 0 Å². The van der Waals surface area contributed by atoms with Gasteiger partial charge in [-0.05, 0) is 18.9 Å². The van der Waals surface area contributed by atoms with E-state index in [1.807, 2.05) is 13.8 Å². The van der Waals surface area contributed by atoms with E-state index in [-0.39, 0.29) is 18.0 Å². The number of aryl methyl sites for hydroxylation is 1. The molecule has 0 saturated heterocycles. The summed E-state index contributed by atoms with van der Waals surface area (Å²) in [5.41, 5.74) is 5.39. The lowest BCUT2D eigenvalue weighted by atomic mass is 10.0. The molecule has 6 heteroatoms. The fraction of sp³-hybridized carbons (Fsp3) is 0.500. The summed E-state index contributed by atoms with van der Waals surface area (Å²) in [6.07, 6.45) is 0. The molecule has 6 nitrogen and oxygen atoms in total. The minimum absolute atomic E-state index is 0.0532. The maximum Gasteiger partial charge on any atom is 0.339 e. The second-order valence-corrected chi connectivity index (χ2v) is 4.49. The SMILES string of the molecule is Cc1oc(CNC(C(N)=O)C(C)C)cc1C(=O)O. The Kier molecular flexibility index (Phi) is 4.49. The van der Waals surface area contributed by atoms with Crippen LogP contribution in [0.2, 0.25) is 0 Å². The van der Waals surface area contributed by atoms with E-state index in [4.69, 9.17) is 15.3 Å². The Bertz CT molecular complexity index is 451. The molecule has 0 aliphatic rings. The first-order chi connectivity index (χ1) is 8.32. The molecule has 100 valence electrons. The number of aromatic carboxylic acids is 1. The normalized spacial score (nSPS) is 12.7. The lowest BCUT2D eigenvalue weighted by Crippen LogP contribution is -2.44. The van der Waals surface area contributed by atoms with Crippen LogP contribution in [0.25, 0.3) is 0 Å². The molecule has 1 unspecified atom stereocenters. The van der Waals surface area contributed by atoms with E-state index in [1.165, 1.54) is 6.07 Å². The molecule has 1 aromatic rings. The Labute approximate surface area is 105 Å². The summed E-state index contributed by atoms with van der Waals surface area (Å²) in [7, 11) is 0. The fourth-order valence-corrected chi connectivity index (χ4v) is 1.72. The second-order valence-electron chi connectivity index (χ2n) is 4.49. The highest BCUT2D eigenvalue weighted by atomic mass is 16.4. The van der Waals surface area contributed by atoms with Crippen LogP contribution in [0, 0.1) is 12.8 Å². The lowest BCUT2D eigenvalue weighted by Gasteiger charge is -2.17. The summed E-state index contributed by atoms with van der Waals surface area (Å²) in [6, 6.07) is 0.979. The van der Waals surface area contributed by atoms with Crippen LogP contribution in [-0.4, -0.2) is 23.0 Å². The number of amides is 1. The molecule has 0 spiro atoms. The monoisotopic (exact) mass is 254 g/mol. The molecule has 0 saturated carbocycles. The van der Waals surface area contributed by atoms with Gasteiger partial charge in [-0.1, -0.05) is 13.8 Å². The number of hydrogen-bond donors (Lipinski definition) is 3. The van der Waals surface area contributed by atoms with E-state index in [2.05, 4.69) is 5.32 Å². The van der Waals surface area contributed by atoms with Crippen LogP contribution in [0.1, 0.15) is 35.7 Å².